The van der Waals surface area contributed by atoms with E-state index in [1.54, 1.807) is 21.6 Å². The van der Waals surface area contributed by atoms with Gasteiger partial charge in [0.1, 0.15) is 17.2 Å². The first-order chi connectivity index (χ1) is 14.2. The third-order valence-corrected chi connectivity index (χ3v) is 5.00. The predicted molar refractivity (Wildman–Crippen MR) is 112 cm³/mol. The fraction of sp³-hybridized carbons (Fsp3) is 0.429. The third kappa shape index (κ3) is 3.94. The topological polar surface area (TPSA) is 100 Å². The Labute approximate surface area is 174 Å². The second-order valence-electron chi connectivity index (χ2n) is 8.56. The summed E-state index contributed by atoms with van der Waals surface area (Å²) in [6.07, 6.45) is 7.61. The van der Waals surface area contributed by atoms with Crippen LogP contribution >= 0.6 is 0 Å². The maximum absolute atomic E-state index is 12.2. The zero-order valence-corrected chi connectivity index (χ0v) is 17.6. The van der Waals surface area contributed by atoms with Gasteiger partial charge in [0.05, 0.1) is 29.7 Å². The highest BCUT2D eigenvalue weighted by molar-refractivity contribution is 5.83. The van der Waals surface area contributed by atoms with Crippen molar-refractivity contribution in [3.63, 3.8) is 0 Å². The van der Waals surface area contributed by atoms with Crippen molar-refractivity contribution in [3.8, 4) is 17.2 Å². The zero-order chi connectivity index (χ0) is 21.5. The molecule has 30 heavy (non-hydrogen) atoms. The van der Waals surface area contributed by atoms with Crippen LogP contribution in [0.25, 0.3) is 16.6 Å². The van der Waals surface area contributed by atoms with Gasteiger partial charge in [-0.2, -0.15) is 15.5 Å². The fourth-order valence-electron chi connectivity index (χ4n) is 3.72. The van der Waals surface area contributed by atoms with Crippen molar-refractivity contribution in [2.24, 2.45) is 7.05 Å². The number of carbonyl (C=O) groups excluding carboxylic acids is 1. The number of amides is 1. The van der Waals surface area contributed by atoms with Gasteiger partial charge in [-0.15, -0.1) is 0 Å². The van der Waals surface area contributed by atoms with Gasteiger partial charge in [-0.1, -0.05) is 0 Å². The maximum Gasteiger partial charge on any atom is 0.407 e. The monoisotopic (exact) mass is 407 g/mol. The number of hydrogen-bond donors (Lipinski definition) is 1. The fourth-order valence-corrected chi connectivity index (χ4v) is 3.72. The lowest BCUT2D eigenvalue weighted by atomic mass is 10.1. The number of pyridine rings is 1. The molecular formula is C21H25N7O2. The second-order valence-corrected chi connectivity index (χ2v) is 8.56. The molecule has 1 unspecified atom stereocenters. The molecule has 0 radical (unpaired) electrons. The molecule has 1 fully saturated rings. The molecule has 9 heteroatoms. The van der Waals surface area contributed by atoms with Crippen LogP contribution in [-0.4, -0.2) is 50.2 Å². The van der Waals surface area contributed by atoms with Crippen LogP contribution in [0.4, 0.5) is 10.5 Å². The number of alkyl carbamates (subject to hydrolysis) is 1. The minimum atomic E-state index is -0.536. The minimum absolute atomic E-state index is 0.0320. The third-order valence-electron chi connectivity index (χ3n) is 5.00. The van der Waals surface area contributed by atoms with Crippen molar-refractivity contribution in [1.82, 2.24) is 24.7 Å². The Morgan fingerprint density at radius 2 is 2.07 bits per heavy atom. The molecule has 0 aliphatic carbocycles. The summed E-state index contributed by atoms with van der Waals surface area (Å²) >= 11 is 0. The Balaban J connectivity index is 1.64. The number of rotatable bonds is 3. The summed E-state index contributed by atoms with van der Waals surface area (Å²) < 4.78 is 8.87. The van der Waals surface area contributed by atoms with Crippen molar-refractivity contribution >= 4 is 17.3 Å². The lowest BCUT2D eigenvalue weighted by Crippen LogP contribution is -2.40. The molecule has 3 aromatic heterocycles. The van der Waals surface area contributed by atoms with E-state index in [2.05, 4.69) is 32.5 Å². The van der Waals surface area contributed by atoms with Gasteiger partial charge in [-0.3, -0.25) is 4.68 Å². The first-order valence-corrected chi connectivity index (χ1v) is 9.88. The highest BCUT2D eigenvalue weighted by Crippen LogP contribution is 2.32. The number of nitrogens with one attached hydrogen (secondary N) is 1. The van der Waals surface area contributed by atoms with Crippen LogP contribution in [0.15, 0.2) is 30.9 Å². The highest BCUT2D eigenvalue weighted by atomic mass is 16.6. The summed E-state index contributed by atoms with van der Waals surface area (Å²) in [5, 5.41) is 21.1. The number of nitriles is 1. The number of fused-ring (bicyclic) bond motifs is 1. The van der Waals surface area contributed by atoms with Gasteiger partial charge in [0.15, 0.2) is 0 Å². The zero-order valence-electron chi connectivity index (χ0n) is 17.6. The summed E-state index contributed by atoms with van der Waals surface area (Å²) in [5.41, 5.74) is 3.60. The molecule has 156 valence electrons. The Morgan fingerprint density at radius 3 is 2.73 bits per heavy atom. The smallest absolute Gasteiger partial charge is 0.407 e. The number of anilines is 1. The van der Waals surface area contributed by atoms with Crippen LogP contribution in [-0.2, 0) is 11.8 Å². The molecule has 0 spiro atoms. The van der Waals surface area contributed by atoms with Gasteiger partial charge >= 0.3 is 6.09 Å². The molecule has 1 atom stereocenters. The number of hydrogen-bond acceptors (Lipinski definition) is 6. The van der Waals surface area contributed by atoms with Crippen molar-refractivity contribution in [1.29, 1.82) is 5.26 Å². The number of nitrogens with zero attached hydrogens (tertiary/aromatic N) is 6. The van der Waals surface area contributed by atoms with Crippen LogP contribution in [0, 0.1) is 11.3 Å². The molecule has 0 aromatic carbocycles. The normalized spacial score (nSPS) is 16.6. The predicted octanol–water partition coefficient (Wildman–Crippen LogP) is 2.71. The van der Waals surface area contributed by atoms with E-state index in [1.165, 1.54) is 0 Å². The van der Waals surface area contributed by atoms with E-state index in [-0.39, 0.29) is 6.04 Å². The van der Waals surface area contributed by atoms with Gasteiger partial charge in [-0.25, -0.2) is 9.31 Å². The molecule has 3 aromatic rings. The number of carbonyl (C=O) groups is 1. The average Bonchev–Trinajstić information content (AvgIpc) is 3.38. The molecule has 4 heterocycles. The van der Waals surface area contributed by atoms with Crippen molar-refractivity contribution in [3.05, 3.63) is 36.4 Å². The molecule has 1 saturated heterocycles. The van der Waals surface area contributed by atoms with Crippen LogP contribution in [0.3, 0.4) is 0 Å². The first-order valence-electron chi connectivity index (χ1n) is 9.88. The summed E-state index contributed by atoms with van der Waals surface area (Å²) in [6, 6.07) is 4.26. The molecule has 1 aliphatic rings. The summed E-state index contributed by atoms with van der Waals surface area (Å²) in [4.78, 5) is 14.3. The molecule has 0 saturated carbocycles. The number of aromatic nitrogens is 4. The maximum atomic E-state index is 12.2. The molecule has 1 N–H and O–H groups in total. The summed E-state index contributed by atoms with van der Waals surface area (Å²) in [5.74, 6) is 0. The van der Waals surface area contributed by atoms with Gasteiger partial charge in [0, 0.05) is 43.7 Å². The number of aryl methyl sites for hydroxylation is 1. The summed E-state index contributed by atoms with van der Waals surface area (Å²) in [6.45, 7) is 6.91. The first kappa shape index (κ1) is 19.8. The van der Waals surface area contributed by atoms with E-state index in [9.17, 15) is 10.1 Å². The van der Waals surface area contributed by atoms with E-state index in [4.69, 9.17) is 4.74 Å². The van der Waals surface area contributed by atoms with E-state index >= 15 is 0 Å². The largest absolute Gasteiger partial charge is 0.444 e. The van der Waals surface area contributed by atoms with Crippen molar-refractivity contribution in [2.45, 2.75) is 38.8 Å². The van der Waals surface area contributed by atoms with Gasteiger partial charge in [-0.05, 0) is 33.3 Å². The van der Waals surface area contributed by atoms with E-state index in [0.717, 1.165) is 35.3 Å². The molecule has 1 amide bonds. The molecule has 9 nitrogen and oxygen atoms in total. The van der Waals surface area contributed by atoms with Crippen molar-refractivity contribution < 1.29 is 9.53 Å². The van der Waals surface area contributed by atoms with E-state index in [1.807, 2.05) is 40.2 Å². The number of ether oxygens (including phenoxy) is 1. The standard InChI is InChI=1S/C21H25N7O2/c1-21(2,3)30-20(29)25-17-5-6-27(13-17)18-7-14(16-10-23-26(4)11-16)12-28-19(18)15(8-22)9-24-28/h7,9-12,17H,5-6,13H2,1-4H3,(H,25,29). The van der Waals surface area contributed by atoms with Crippen LogP contribution in [0.2, 0.25) is 0 Å². The Hall–Kier alpha value is -3.54. The van der Waals surface area contributed by atoms with Gasteiger partial charge < -0.3 is 15.0 Å². The van der Waals surface area contributed by atoms with Crippen LogP contribution in [0.5, 0.6) is 0 Å². The SMILES string of the molecule is Cn1cc(-c2cc(N3CCC(NC(=O)OC(C)(C)C)C3)c3c(C#N)cnn3c2)cn1. The Kier molecular flexibility index (Phi) is 4.86. The van der Waals surface area contributed by atoms with Crippen LogP contribution < -0.4 is 10.2 Å². The lowest BCUT2D eigenvalue weighted by molar-refractivity contribution is 0.0509. The molecule has 1 aliphatic heterocycles. The average molecular weight is 407 g/mol. The molecular weight excluding hydrogens is 382 g/mol. The van der Waals surface area contributed by atoms with E-state index < -0.39 is 11.7 Å². The van der Waals surface area contributed by atoms with E-state index in [0.29, 0.717) is 12.1 Å². The Morgan fingerprint density at radius 1 is 1.27 bits per heavy atom. The minimum Gasteiger partial charge on any atom is -0.444 e. The molecule has 0 bridgehead atoms. The van der Waals surface area contributed by atoms with Crippen molar-refractivity contribution in [2.75, 3.05) is 18.0 Å². The quantitative estimate of drug-likeness (QED) is 0.716. The molecule has 4 rings (SSSR count). The lowest BCUT2D eigenvalue weighted by Gasteiger charge is -2.23. The van der Waals surface area contributed by atoms with Gasteiger partial charge in [0.2, 0.25) is 0 Å². The Bertz CT molecular complexity index is 1130. The second kappa shape index (κ2) is 7.37. The van der Waals surface area contributed by atoms with Gasteiger partial charge in [0.25, 0.3) is 0 Å². The summed E-state index contributed by atoms with van der Waals surface area (Å²) in [7, 11) is 1.87. The van der Waals surface area contributed by atoms with Crippen LogP contribution in [0.1, 0.15) is 32.8 Å². The highest BCUT2D eigenvalue weighted by Gasteiger charge is 2.28.